The van der Waals surface area contributed by atoms with Crippen molar-refractivity contribution in [3.05, 3.63) is 60.4 Å². The predicted octanol–water partition coefficient (Wildman–Crippen LogP) is 3.88. The third-order valence-electron chi connectivity index (χ3n) is 6.49. The summed E-state index contributed by atoms with van der Waals surface area (Å²) in [6.45, 7) is 17.5. The fourth-order valence-electron chi connectivity index (χ4n) is 3.94. The van der Waals surface area contributed by atoms with E-state index in [1.54, 1.807) is 0 Å². The number of nitrogens with zero attached hydrogens (tertiary/aromatic N) is 2. The summed E-state index contributed by atoms with van der Waals surface area (Å²) in [6, 6.07) is 11.3. The summed E-state index contributed by atoms with van der Waals surface area (Å²) in [5.74, 6) is 0.834. The first-order valence-electron chi connectivity index (χ1n) is 11.2. The number of hydrogen-bond donors (Lipinski definition) is 2. The second kappa shape index (κ2) is 12.0. The second-order valence-corrected chi connectivity index (χ2v) is 8.62. The van der Waals surface area contributed by atoms with Crippen molar-refractivity contribution in [3.63, 3.8) is 0 Å². The molecule has 1 heterocycles. The van der Waals surface area contributed by atoms with Crippen LogP contribution >= 0.6 is 0 Å². The highest BCUT2D eigenvalue weighted by molar-refractivity contribution is 5.15. The van der Waals surface area contributed by atoms with Crippen LogP contribution in [-0.4, -0.2) is 62.2 Å². The average molecular weight is 399 g/mol. The molecule has 1 saturated heterocycles. The second-order valence-electron chi connectivity index (χ2n) is 8.62. The summed E-state index contributed by atoms with van der Waals surface area (Å²) in [5.41, 5.74) is 3.59. The van der Waals surface area contributed by atoms with Crippen LogP contribution in [0.1, 0.15) is 38.7 Å². The van der Waals surface area contributed by atoms with Crippen LogP contribution in [0.5, 0.6) is 0 Å². The monoisotopic (exact) mass is 398 g/mol. The first kappa shape index (κ1) is 23.5. The molecule has 0 aromatic heterocycles. The van der Waals surface area contributed by atoms with E-state index < -0.39 is 0 Å². The topological polar surface area (TPSA) is 30.5 Å². The molecule has 0 saturated carbocycles. The van der Waals surface area contributed by atoms with Crippen LogP contribution in [0, 0.1) is 5.92 Å². The fraction of sp³-hybridized carbons (Fsp3) is 0.600. The lowest BCUT2D eigenvalue weighted by molar-refractivity contribution is 0.173. The van der Waals surface area contributed by atoms with Crippen molar-refractivity contribution in [3.8, 4) is 0 Å². The van der Waals surface area contributed by atoms with Crippen molar-refractivity contribution in [2.45, 2.75) is 51.6 Å². The van der Waals surface area contributed by atoms with Gasteiger partial charge in [-0.1, -0.05) is 43.5 Å². The molecule has 162 valence electrons. The third-order valence-corrected chi connectivity index (χ3v) is 6.49. The van der Waals surface area contributed by atoms with Gasteiger partial charge in [0.25, 0.3) is 0 Å². The van der Waals surface area contributed by atoms with Gasteiger partial charge in [0.1, 0.15) is 0 Å². The molecule has 1 aliphatic heterocycles. The number of likely N-dealkylation sites (tertiary alicyclic amines) is 1. The minimum Gasteiger partial charge on any atom is -0.380 e. The molecule has 2 rings (SSSR count). The minimum atomic E-state index is 0.197. The van der Waals surface area contributed by atoms with E-state index in [1.807, 2.05) is 7.05 Å². The average Bonchev–Trinajstić information content (AvgIpc) is 2.76. The highest BCUT2D eigenvalue weighted by Crippen LogP contribution is 2.22. The van der Waals surface area contributed by atoms with Gasteiger partial charge in [-0.25, -0.2) is 0 Å². The molecular weight excluding hydrogens is 356 g/mol. The normalized spacial score (nSPS) is 17.5. The highest BCUT2D eigenvalue weighted by Gasteiger charge is 2.20. The van der Waals surface area contributed by atoms with E-state index in [0.29, 0.717) is 0 Å². The molecule has 4 nitrogen and oxygen atoms in total. The Labute approximate surface area is 179 Å². The van der Waals surface area contributed by atoms with E-state index in [9.17, 15) is 0 Å². The van der Waals surface area contributed by atoms with Crippen molar-refractivity contribution in [1.82, 2.24) is 20.4 Å². The third kappa shape index (κ3) is 7.87. The minimum absolute atomic E-state index is 0.197. The lowest BCUT2D eigenvalue weighted by atomic mass is 9.93. The van der Waals surface area contributed by atoms with E-state index in [1.165, 1.54) is 44.5 Å². The van der Waals surface area contributed by atoms with Gasteiger partial charge >= 0.3 is 0 Å². The number of rotatable bonds is 12. The van der Waals surface area contributed by atoms with Crippen LogP contribution in [0.4, 0.5) is 0 Å². The maximum absolute atomic E-state index is 4.32. The van der Waals surface area contributed by atoms with Gasteiger partial charge < -0.3 is 20.4 Å². The quantitative estimate of drug-likeness (QED) is 0.559. The Kier molecular flexibility index (Phi) is 9.75. The van der Waals surface area contributed by atoms with Gasteiger partial charge in [0.05, 0.1) is 6.04 Å². The zero-order valence-corrected chi connectivity index (χ0v) is 19.1. The molecular formula is C25H42N4. The Hall–Kier alpha value is -1.78. The van der Waals surface area contributed by atoms with Crippen LogP contribution in [0.3, 0.4) is 0 Å². The molecule has 29 heavy (non-hydrogen) atoms. The number of nitrogens with one attached hydrogen (secondary N) is 2. The molecule has 1 aromatic rings. The summed E-state index contributed by atoms with van der Waals surface area (Å²) < 4.78 is 0. The Morgan fingerprint density at radius 2 is 1.79 bits per heavy atom. The zero-order chi connectivity index (χ0) is 21.2. The first-order valence-corrected chi connectivity index (χ1v) is 11.2. The summed E-state index contributed by atoms with van der Waals surface area (Å²) in [4.78, 5) is 4.95. The lowest BCUT2D eigenvalue weighted by Gasteiger charge is -2.34. The Bertz CT molecular complexity index is 619. The molecule has 0 spiro atoms. The Balaban J connectivity index is 1.64. The number of piperidine rings is 1. The molecule has 1 aromatic carbocycles. The number of benzene rings is 1. The SMILES string of the molecule is C=C(NC(C)C(=C)N(C)CCC1CCN(CCc2ccccc2)CC1)C(C)NC. The standard InChI is InChI=1S/C25H42N4/c1-20(26-5)21(2)27-22(3)23(4)28(6)16-12-25-14-18-29(19-15-25)17-13-24-10-8-7-9-11-24/h7-11,20,22,25-27H,2,4,12-19H2,1,3,5-6H3. The van der Waals surface area contributed by atoms with Gasteiger partial charge in [-0.2, -0.15) is 0 Å². The van der Waals surface area contributed by atoms with Gasteiger partial charge in [0, 0.05) is 37.6 Å². The smallest absolute Gasteiger partial charge is 0.0625 e. The molecule has 1 fully saturated rings. The van der Waals surface area contributed by atoms with E-state index in [2.05, 4.69) is 84.8 Å². The maximum atomic E-state index is 4.32. The van der Waals surface area contributed by atoms with Gasteiger partial charge in [-0.3, -0.25) is 0 Å². The summed E-state index contributed by atoms with van der Waals surface area (Å²) in [7, 11) is 4.12. The maximum Gasteiger partial charge on any atom is 0.0625 e. The predicted molar refractivity (Wildman–Crippen MR) is 126 cm³/mol. The van der Waals surface area contributed by atoms with Gasteiger partial charge in [-0.15, -0.1) is 0 Å². The largest absolute Gasteiger partial charge is 0.380 e. The zero-order valence-electron chi connectivity index (χ0n) is 19.1. The molecule has 2 N–H and O–H groups in total. The van der Waals surface area contributed by atoms with E-state index in [-0.39, 0.29) is 12.1 Å². The van der Waals surface area contributed by atoms with Crippen molar-refractivity contribution in [2.75, 3.05) is 40.3 Å². The molecule has 0 amide bonds. The molecule has 0 radical (unpaired) electrons. The van der Waals surface area contributed by atoms with Gasteiger partial charge in [-0.05, 0) is 71.1 Å². The van der Waals surface area contributed by atoms with Crippen LogP contribution in [0.25, 0.3) is 0 Å². The molecule has 0 aliphatic carbocycles. The van der Waals surface area contributed by atoms with Crippen LogP contribution < -0.4 is 10.6 Å². The summed E-state index contributed by atoms with van der Waals surface area (Å²) >= 11 is 0. The van der Waals surface area contributed by atoms with E-state index >= 15 is 0 Å². The fourth-order valence-corrected chi connectivity index (χ4v) is 3.94. The van der Waals surface area contributed by atoms with Crippen LogP contribution in [-0.2, 0) is 6.42 Å². The van der Waals surface area contributed by atoms with Gasteiger partial charge in [0.15, 0.2) is 0 Å². The lowest BCUT2D eigenvalue weighted by Crippen LogP contribution is -2.40. The van der Waals surface area contributed by atoms with Crippen LogP contribution in [0.2, 0.25) is 0 Å². The van der Waals surface area contributed by atoms with Crippen molar-refractivity contribution >= 4 is 0 Å². The number of hydrogen-bond acceptors (Lipinski definition) is 4. The van der Waals surface area contributed by atoms with Crippen molar-refractivity contribution in [1.29, 1.82) is 0 Å². The Morgan fingerprint density at radius 1 is 1.14 bits per heavy atom. The van der Waals surface area contributed by atoms with Crippen LogP contribution in [0.15, 0.2) is 54.9 Å². The van der Waals surface area contributed by atoms with E-state index in [4.69, 9.17) is 0 Å². The van der Waals surface area contributed by atoms with Crippen molar-refractivity contribution < 1.29 is 0 Å². The molecule has 0 bridgehead atoms. The van der Waals surface area contributed by atoms with Crippen molar-refractivity contribution in [2.24, 2.45) is 5.92 Å². The Morgan fingerprint density at radius 3 is 2.41 bits per heavy atom. The first-order chi connectivity index (χ1) is 13.9. The number of likely N-dealkylation sites (N-methyl/N-ethyl adjacent to an activating group) is 2. The molecule has 1 aliphatic rings. The molecule has 2 unspecified atom stereocenters. The summed E-state index contributed by atoms with van der Waals surface area (Å²) in [6.07, 6.45) is 5.05. The highest BCUT2D eigenvalue weighted by atomic mass is 15.1. The summed E-state index contributed by atoms with van der Waals surface area (Å²) in [5, 5.41) is 6.70. The van der Waals surface area contributed by atoms with E-state index in [0.717, 1.165) is 30.3 Å². The molecule has 4 heteroatoms. The van der Waals surface area contributed by atoms with Gasteiger partial charge in [0.2, 0.25) is 0 Å². The molecule has 2 atom stereocenters.